The fourth-order valence-corrected chi connectivity index (χ4v) is 3.65. The molecule has 0 spiro atoms. The average molecular weight is 365 g/mol. The fraction of sp³-hybridized carbons (Fsp3) is 0.579. The van der Waals surface area contributed by atoms with E-state index >= 15 is 0 Å². The second-order valence-electron chi connectivity index (χ2n) is 7.54. The van der Waals surface area contributed by atoms with Crippen molar-refractivity contribution in [1.82, 2.24) is 10.2 Å². The lowest BCUT2D eigenvalue weighted by molar-refractivity contribution is -0.896. The Morgan fingerprint density at radius 2 is 1.76 bits per heavy atom. The summed E-state index contributed by atoms with van der Waals surface area (Å²) in [5, 5.41) is 2.65. The molecule has 2 rings (SSSR count). The van der Waals surface area contributed by atoms with E-state index < -0.39 is 0 Å². The number of quaternary nitrogens is 1. The van der Waals surface area contributed by atoms with E-state index in [1.807, 2.05) is 4.90 Å². The highest BCUT2D eigenvalue weighted by Crippen LogP contribution is 2.25. The summed E-state index contributed by atoms with van der Waals surface area (Å²) in [5.41, 5.74) is 1.45. The second-order valence-corrected chi connectivity index (χ2v) is 8.59. The van der Waals surface area contributed by atoms with E-state index in [0.717, 1.165) is 31.1 Å². The number of nitrogens with zero attached hydrogens (tertiary/aromatic N) is 1. The molecule has 1 heterocycles. The minimum Gasteiger partial charge on any atom is -0.354 e. The van der Waals surface area contributed by atoms with Crippen molar-refractivity contribution in [2.24, 2.45) is 0 Å². The van der Waals surface area contributed by atoms with Gasteiger partial charge in [-0.05, 0) is 23.1 Å². The third-order valence-electron chi connectivity index (χ3n) is 4.60. The third-order valence-corrected chi connectivity index (χ3v) is 5.59. The second kappa shape index (κ2) is 8.72. The summed E-state index contributed by atoms with van der Waals surface area (Å²) < 4.78 is 0. The first kappa shape index (κ1) is 19.8. The van der Waals surface area contributed by atoms with Gasteiger partial charge >= 0.3 is 0 Å². The first-order chi connectivity index (χ1) is 11.8. The molecule has 0 aromatic heterocycles. The average Bonchev–Trinajstić information content (AvgIpc) is 2.59. The van der Waals surface area contributed by atoms with Crippen LogP contribution in [0.25, 0.3) is 0 Å². The summed E-state index contributed by atoms with van der Waals surface area (Å²) in [6.07, 6.45) is 0. The molecule has 6 heteroatoms. The van der Waals surface area contributed by atoms with E-state index in [1.165, 1.54) is 10.5 Å². The molecule has 2 N–H and O–H groups in total. The number of benzene rings is 1. The molecule has 0 radical (unpaired) electrons. The summed E-state index contributed by atoms with van der Waals surface area (Å²) in [6, 6.07) is 8.50. The van der Waals surface area contributed by atoms with Gasteiger partial charge in [-0.25, -0.2) is 0 Å². The van der Waals surface area contributed by atoms with Crippen molar-refractivity contribution in [1.29, 1.82) is 0 Å². The van der Waals surface area contributed by atoms with Crippen LogP contribution in [-0.4, -0.2) is 62.2 Å². The number of rotatable bonds is 5. The van der Waals surface area contributed by atoms with Gasteiger partial charge in [0.1, 0.15) is 0 Å². The van der Waals surface area contributed by atoms with Crippen molar-refractivity contribution in [3.05, 3.63) is 29.8 Å². The molecule has 138 valence electrons. The van der Waals surface area contributed by atoms with Crippen molar-refractivity contribution >= 4 is 23.6 Å². The number of thioether (sulfide) groups is 1. The van der Waals surface area contributed by atoms with Crippen LogP contribution in [0, 0.1) is 0 Å². The normalized spacial score (nSPS) is 15.9. The summed E-state index contributed by atoms with van der Waals surface area (Å²) in [5.74, 6) is 0.715. The lowest BCUT2D eigenvalue weighted by Crippen LogP contribution is -3.15. The van der Waals surface area contributed by atoms with Gasteiger partial charge < -0.3 is 15.1 Å². The first-order valence-corrected chi connectivity index (χ1v) is 9.83. The molecule has 0 bridgehead atoms. The highest BCUT2D eigenvalue weighted by Gasteiger charge is 2.24. The molecule has 1 fully saturated rings. The van der Waals surface area contributed by atoms with Crippen LogP contribution in [0.2, 0.25) is 0 Å². The molecule has 0 aliphatic carbocycles. The molecule has 1 aliphatic rings. The fourth-order valence-electron chi connectivity index (χ4n) is 2.85. The maximum Gasteiger partial charge on any atom is 0.274 e. The maximum atomic E-state index is 12.4. The molecule has 2 amide bonds. The minimum atomic E-state index is 0.0593. The molecule has 5 nitrogen and oxygen atoms in total. The van der Waals surface area contributed by atoms with Crippen LogP contribution in [0.1, 0.15) is 26.3 Å². The largest absolute Gasteiger partial charge is 0.354 e. The van der Waals surface area contributed by atoms with Gasteiger partial charge in [-0.2, -0.15) is 0 Å². The van der Waals surface area contributed by atoms with Crippen molar-refractivity contribution < 1.29 is 14.5 Å². The van der Waals surface area contributed by atoms with Gasteiger partial charge in [0.25, 0.3) is 5.91 Å². The Hall–Kier alpha value is -1.53. The zero-order valence-electron chi connectivity index (χ0n) is 15.7. The van der Waals surface area contributed by atoms with Crippen molar-refractivity contribution in [2.45, 2.75) is 31.1 Å². The van der Waals surface area contributed by atoms with Crippen LogP contribution >= 0.6 is 11.8 Å². The molecular weight excluding hydrogens is 334 g/mol. The number of carbonyl (C=O) groups excluding carboxylic acids is 2. The van der Waals surface area contributed by atoms with E-state index in [2.05, 4.69) is 50.4 Å². The number of carbonyl (C=O) groups is 2. The van der Waals surface area contributed by atoms with Gasteiger partial charge in [0.05, 0.1) is 31.9 Å². The first-order valence-electron chi connectivity index (χ1n) is 8.85. The van der Waals surface area contributed by atoms with Crippen LogP contribution in [-0.2, 0) is 15.0 Å². The zero-order chi connectivity index (χ0) is 18.4. The highest BCUT2D eigenvalue weighted by atomic mass is 32.2. The number of hydrogen-bond donors (Lipinski definition) is 2. The maximum absolute atomic E-state index is 12.4. The lowest BCUT2D eigenvalue weighted by Gasteiger charge is -2.31. The molecular formula is C19H30N3O2S+. The van der Waals surface area contributed by atoms with Gasteiger partial charge in [-0.15, -0.1) is 11.8 Å². The lowest BCUT2D eigenvalue weighted by atomic mass is 9.87. The van der Waals surface area contributed by atoms with Crippen molar-refractivity contribution in [2.75, 3.05) is 45.5 Å². The van der Waals surface area contributed by atoms with Crippen molar-refractivity contribution in [3.63, 3.8) is 0 Å². The predicted molar refractivity (Wildman–Crippen MR) is 102 cm³/mol. The quantitative estimate of drug-likeness (QED) is 0.751. The van der Waals surface area contributed by atoms with Crippen LogP contribution in [0.15, 0.2) is 29.2 Å². The summed E-state index contributed by atoms with van der Waals surface area (Å²) >= 11 is 1.59. The Bertz CT molecular complexity index is 588. The minimum absolute atomic E-state index is 0.0593. The monoisotopic (exact) mass is 364 g/mol. The van der Waals surface area contributed by atoms with Gasteiger partial charge in [0.15, 0.2) is 6.54 Å². The summed E-state index contributed by atoms with van der Waals surface area (Å²) in [7, 11) is 1.66. The predicted octanol–water partition coefficient (Wildman–Crippen LogP) is 0.549. The Morgan fingerprint density at radius 1 is 1.16 bits per heavy atom. The van der Waals surface area contributed by atoms with Gasteiger partial charge in [0.2, 0.25) is 5.91 Å². The Balaban J connectivity index is 1.77. The number of likely N-dealkylation sites (N-methyl/N-ethyl adjacent to an activating group) is 1. The van der Waals surface area contributed by atoms with Crippen LogP contribution < -0.4 is 10.2 Å². The summed E-state index contributed by atoms with van der Waals surface area (Å²) in [4.78, 5) is 28.1. The van der Waals surface area contributed by atoms with Gasteiger partial charge in [0, 0.05) is 11.9 Å². The van der Waals surface area contributed by atoms with E-state index in [0.29, 0.717) is 12.3 Å². The van der Waals surface area contributed by atoms with Crippen LogP contribution in [0.5, 0.6) is 0 Å². The number of amides is 2. The molecule has 0 atom stereocenters. The number of piperazine rings is 1. The standard InChI is InChI=1S/C19H29N3O2S/c1-19(2,3)15-5-7-16(8-6-15)25-14-18(24)22-11-9-21(10-12-22)13-17(23)20-4/h5-8H,9-14H2,1-4H3,(H,20,23)/p+1. The number of hydrogen-bond acceptors (Lipinski definition) is 3. The topological polar surface area (TPSA) is 53.9 Å². The SMILES string of the molecule is CNC(=O)C[NH+]1CCN(C(=O)CSc2ccc(C(C)(C)C)cc2)CC1. The van der Waals surface area contributed by atoms with Crippen LogP contribution in [0.4, 0.5) is 0 Å². The smallest absolute Gasteiger partial charge is 0.274 e. The highest BCUT2D eigenvalue weighted by molar-refractivity contribution is 8.00. The number of nitrogens with one attached hydrogen (secondary N) is 2. The van der Waals surface area contributed by atoms with E-state index in [9.17, 15) is 9.59 Å². The molecule has 1 aromatic carbocycles. The third kappa shape index (κ3) is 6.04. The Morgan fingerprint density at radius 3 is 2.28 bits per heavy atom. The van der Waals surface area contributed by atoms with Gasteiger partial charge in [-0.1, -0.05) is 32.9 Å². The molecule has 25 heavy (non-hydrogen) atoms. The van der Waals surface area contributed by atoms with E-state index in [1.54, 1.807) is 18.8 Å². The molecule has 0 unspecified atom stereocenters. The Kier molecular flexibility index (Phi) is 6.90. The molecule has 0 saturated carbocycles. The van der Waals surface area contributed by atoms with Gasteiger partial charge in [-0.3, -0.25) is 9.59 Å². The zero-order valence-corrected chi connectivity index (χ0v) is 16.5. The van der Waals surface area contributed by atoms with E-state index in [4.69, 9.17) is 0 Å². The molecule has 1 saturated heterocycles. The molecule has 1 aliphatic heterocycles. The molecule has 1 aromatic rings. The van der Waals surface area contributed by atoms with E-state index in [-0.39, 0.29) is 17.2 Å². The summed E-state index contributed by atoms with van der Waals surface area (Å²) in [6.45, 7) is 10.2. The van der Waals surface area contributed by atoms with Crippen molar-refractivity contribution in [3.8, 4) is 0 Å². The van der Waals surface area contributed by atoms with Crippen LogP contribution in [0.3, 0.4) is 0 Å². The Labute approximate surface area is 155 Å².